The Morgan fingerprint density at radius 2 is 1.96 bits per heavy atom. The molecule has 0 saturated heterocycles. The summed E-state index contributed by atoms with van der Waals surface area (Å²) in [5, 5.41) is 7.68. The lowest BCUT2D eigenvalue weighted by molar-refractivity contribution is -0.104. The largest absolute Gasteiger partial charge is 0.352 e. The third-order valence-electron chi connectivity index (χ3n) is 3.87. The molecule has 1 heterocycles. The predicted molar refractivity (Wildman–Crippen MR) is 105 cm³/mol. The SMILES string of the molecule is C=C/C(Nc1cnn(-c2ccc(C(=C)C)cc2)c1C)=C(C=O)\C=C/C. The average Bonchev–Trinajstić information content (AvgIpc) is 2.98. The van der Waals surface area contributed by atoms with Gasteiger partial charge >= 0.3 is 0 Å². The van der Waals surface area contributed by atoms with Gasteiger partial charge in [0.1, 0.15) is 0 Å². The van der Waals surface area contributed by atoms with E-state index in [1.165, 1.54) is 0 Å². The number of aldehydes is 1. The molecular formula is C21H23N3O. The minimum atomic E-state index is 0.537. The Morgan fingerprint density at radius 3 is 2.48 bits per heavy atom. The average molecular weight is 333 g/mol. The third kappa shape index (κ3) is 4.04. The Kier molecular flexibility index (Phi) is 5.90. The van der Waals surface area contributed by atoms with Gasteiger partial charge in [-0.05, 0) is 44.5 Å². The predicted octanol–water partition coefficient (Wildman–Crippen LogP) is 4.84. The van der Waals surface area contributed by atoms with Crippen molar-refractivity contribution in [3.8, 4) is 5.69 Å². The van der Waals surface area contributed by atoms with Crippen LogP contribution < -0.4 is 5.32 Å². The fraction of sp³-hybridized carbons (Fsp3) is 0.143. The van der Waals surface area contributed by atoms with Crippen molar-refractivity contribution in [2.45, 2.75) is 20.8 Å². The quantitative estimate of drug-likeness (QED) is 0.448. The zero-order valence-electron chi connectivity index (χ0n) is 14.9. The van der Waals surface area contributed by atoms with Crippen molar-refractivity contribution >= 4 is 17.5 Å². The van der Waals surface area contributed by atoms with Gasteiger partial charge in [-0.2, -0.15) is 5.10 Å². The number of benzene rings is 1. The molecule has 0 unspecified atom stereocenters. The van der Waals surface area contributed by atoms with Gasteiger partial charge in [-0.25, -0.2) is 4.68 Å². The summed E-state index contributed by atoms with van der Waals surface area (Å²) < 4.78 is 1.85. The van der Waals surface area contributed by atoms with Gasteiger partial charge in [0.15, 0.2) is 6.29 Å². The normalized spacial score (nSPS) is 12.0. The maximum atomic E-state index is 11.3. The lowest BCUT2D eigenvalue weighted by Crippen LogP contribution is -2.04. The molecule has 0 spiro atoms. The van der Waals surface area contributed by atoms with Crippen LogP contribution in [-0.2, 0) is 4.79 Å². The monoisotopic (exact) mass is 333 g/mol. The summed E-state index contributed by atoms with van der Waals surface area (Å²) >= 11 is 0. The molecule has 1 aromatic heterocycles. The lowest BCUT2D eigenvalue weighted by atomic mass is 10.1. The molecule has 0 saturated carbocycles. The van der Waals surface area contributed by atoms with Crippen LogP contribution in [0.1, 0.15) is 25.1 Å². The van der Waals surface area contributed by atoms with Gasteiger partial charge in [0, 0.05) is 11.3 Å². The molecule has 2 aromatic rings. The van der Waals surface area contributed by atoms with Crippen molar-refractivity contribution in [3.05, 3.63) is 84.4 Å². The minimum Gasteiger partial charge on any atom is -0.352 e. The smallest absolute Gasteiger partial charge is 0.152 e. The van der Waals surface area contributed by atoms with E-state index >= 15 is 0 Å². The second kappa shape index (κ2) is 8.11. The van der Waals surface area contributed by atoms with E-state index in [4.69, 9.17) is 0 Å². The van der Waals surface area contributed by atoms with Crippen molar-refractivity contribution in [1.29, 1.82) is 0 Å². The Bertz CT molecular complexity index is 852. The van der Waals surface area contributed by atoms with Gasteiger partial charge in [0.2, 0.25) is 0 Å². The van der Waals surface area contributed by atoms with E-state index in [-0.39, 0.29) is 0 Å². The second-order valence-electron chi connectivity index (χ2n) is 5.70. The molecule has 0 fully saturated rings. The summed E-state index contributed by atoms with van der Waals surface area (Å²) in [5.41, 5.74) is 6.03. The molecule has 0 aliphatic rings. The van der Waals surface area contributed by atoms with Crippen LogP contribution in [0.25, 0.3) is 11.3 Å². The van der Waals surface area contributed by atoms with E-state index in [0.29, 0.717) is 11.3 Å². The lowest BCUT2D eigenvalue weighted by Gasteiger charge is -2.10. The van der Waals surface area contributed by atoms with Crippen LogP contribution in [0.4, 0.5) is 5.69 Å². The number of carbonyl (C=O) groups is 1. The van der Waals surface area contributed by atoms with Crippen LogP contribution in [0.3, 0.4) is 0 Å². The molecule has 4 heteroatoms. The summed E-state index contributed by atoms with van der Waals surface area (Å²) in [4.78, 5) is 11.3. The first-order chi connectivity index (χ1) is 12.0. The maximum absolute atomic E-state index is 11.3. The number of carbonyl (C=O) groups excluding carboxylic acids is 1. The first-order valence-electron chi connectivity index (χ1n) is 8.04. The van der Waals surface area contributed by atoms with Gasteiger partial charge in [0.25, 0.3) is 0 Å². The van der Waals surface area contributed by atoms with Crippen molar-refractivity contribution in [2.75, 3.05) is 5.32 Å². The Labute approximate surface area is 148 Å². The highest BCUT2D eigenvalue weighted by atomic mass is 16.1. The Balaban J connectivity index is 2.36. The van der Waals surface area contributed by atoms with Crippen LogP contribution in [0.5, 0.6) is 0 Å². The highest BCUT2D eigenvalue weighted by molar-refractivity contribution is 5.81. The summed E-state index contributed by atoms with van der Waals surface area (Å²) in [6, 6.07) is 8.07. The number of hydrogen-bond acceptors (Lipinski definition) is 3. The molecule has 2 rings (SSSR count). The number of nitrogens with zero attached hydrogens (tertiary/aromatic N) is 2. The zero-order chi connectivity index (χ0) is 18.4. The van der Waals surface area contributed by atoms with Crippen LogP contribution >= 0.6 is 0 Å². The molecule has 1 N–H and O–H groups in total. The third-order valence-corrected chi connectivity index (χ3v) is 3.87. The molecule has 0 aliphatic carbocycles. The number of allylic oxidation sites excluding steroid dienone is 5. The topological polar surface area (TPSA) is 46.9 Å². The van der Waals surface area contributed by atoms with Crippen molar-refractivity contribution in [3.63, 3.8) is 0 Å². The molecule has 4 nitrogen and oxygen atoms in total. The molecule has 25 heavy (non-hydrogen) atoms. The fourth-order valence-electron chi connectivity index (χ4n) is 2.44. The van der Waals surface area contributed by atoms with E-state index in [0.717, 1.165) is 34.5 Å². The highest BCUT2D eigenvalue weighted by Crippen LogP contribution is 2.22. The van der Waals surface area contributed by atoms with Gasteiger partial charge in [-0.3, -0.25) is 4.79 Å². The number of aromatic nitrogens is 2. The molecule has 0 bridgehead atoms. The second-order valence-corrected chi connectivity index (χ2v) is 5.70. The summed E-state index contributed by atoms with van der Waals surface area (Å²) in [6.07, 6.45) is 7.73. The number of anilines is 1. The minimum absolute atomic E-state index is 0.537. The maximum Gasteiger partial charge on any atom is 0.152 e. The van der Waals surface area contributed by atoms with Crippen molar-refractivity contribution in [1.82, 2.24) is 9.78 Å². The van der Waals surface area contributed by atoms with Crippen LogP contribution in [0.2, 0.25) is 0 Å². The molecule has 0 aliphatic heterocycles. The van der Waals surface area contributed by atoms with Crippen LogP contribution in [0.15, 0.2) is 73.1 Å². The summed E-state index contributed by atoms with van der Waals surface area (Å²) in [7, 11) is 0. The van der Waals surface area contributed by atoms with E-state index in [1.54, 1.807) is 18.3 Å². The van der Waals surface area contributed by atoms with E-state index in [1.807, 2.05) is 55.8 Å². The fourth-order valence-corrected chi connectivity index (χ4v) is 2.44. The molecule has 128 valence electrons. The Morgan fingerprint density at radius 1 is 1.28 bits per heavy atom. The summed E-state index contributed by atoms with van der Waals surface area (Å²) in [6.45, 7) is 13.5. The molecule has 0 atom stereocenters. The van der Waals surface area contributed by atoms with Crippen LogP contribution in [-0.4, -0.2) is 16.1 Å². The van der Waals surface area contributed by atoms with Gasteiger partial charge < -0.3 is 5.32 Å². The Hall–Kier alpha value is -3.14. The zero-order valence-corrected chi connectivity index (χ0v) is 14.9. The standard InChI is InChI=1S/C21H23N3O/c1-6-8-18(14-25)20(7-2)23-21-13-22-24(16(21)5)19-11-9-17(10-12-19)15(3)4/h6-14,23H,2-3H2,1,4-5H3/b8-6-,20-18-. The van der Waals surface area contributed by atoms with Crippen molar-refractivity contribution in [2.24, 2.45) is 0 Å². The number of nitrogens with one attached hydrogen (secondary N) is 1. The van der Waals surface area contributed by atoms with Gasteiger partial charge in [0.05, 0.1) is 23.3 Å². The van der Waals surface area contributed by atoms with Crippen LogP contribution in [0, 0.1) is 6.92 Å². The number of rotatable bonds is 7. The molecule has 1 aromatic carbocycles. The molecule has 0 radical (unpaired) electrons. The van der Waals surface area contributed by atoms with E-state index < -0.39 is 0 Å². The van der Waals surface area contributed by atoms with Gasteiger partial charge in [-0.15, -0.1) is 0 Å². The number of hydrogen-bond donors (Lipinski definition) is 1. The first-order valence-corrected chi connectivity index (χ1v) is 8.04. The summed E-state index contributed by atoms with van der Waals surface area (Å²) in [5.74, 6) is 0. The first kappa shape index (κ1) is 18.2. The van der Waals surface area contributed by atoms with Crippen molar-refractivity contribution < 1.29 is 4.79 Å². The molecule has 0 amide bonds. The van der Waals surface area contributed by atoms with Gasteiger partial charge in [-0.1, -0.05) is 43.0 Å². The van der Waals surface area contributed by atoms with E-state index in [2.05, 4.69) is 23.6 Å². The highest BCUT2D eigenvalue weighted by Gasteiger charge is 2.10. The van der Waals surface area contributed by atoms with E-state index in [9.17, 15) is 4.79 Å². The molecular weight excluding hydrogens is 310 g/mol.